The van der Waals surface area contributed by atoms with Crippen LogP contribution in [-0.4, -0.2) is 51.3 Å². The van der Waals surface area contributed by atoms with E-state index in [1.807, 2.05) is 23.6 Å². The minimum absolute atomic E-state index is 0.00516. The van der Waals surface area contributed by atoms with Crippen molar-refractivity contribution in [2.75, 3.05) is 39.8 Å². The number of fused-ring (bicyclic) bond motifs is 1. The average Bonchev–Trinajstić information content (AvgIpc) is 3.27. The second-order valence-corrected chi connectivity index (χ2v) is 7.92. The van der Waals surface area contributed by atoms with Gasteiger partial charge in [0.15, 0.2) is 6.61 Å². The molecule has 1 amide bonds. The number of carbonyl (C=O) groups excluding carboxylic acids is 1. The highest BCUT2D eigenvalue weighted by atomic mass is 32.1. The summed E-state index contributed by atoms with van der Waals surface area (Å²) >= 11 is 1.44. The van der Waals surface area contributed by atoms with Gasteiger partial charge in [-0.2, -0.15) is 5.10 Å². The molecule has 0 atom stereocenters. The molecule has 3 aromatic rings. The first-order valence-corrected chi connectivity index (χ1v) is 11.2. The summed E-state index contributed by atoms with van der Waals surface area (Å²) in [6.07, 6.45) is 3.37. The zero-order valence-corrected chi connectivity index (χ0v) is 19.8. The zero-order chi connectivity index (χ0) is 24.1. The number of nitrogens with zero attached hydrogens (tertiary/aromatic N) is 3. The summed E-state index contributed by atoms with van der Waals surface area (Å²) in [4.78, 5) is 17.0. The Morgan fingerprint density at radius 2 is 1.94 bits per heavy atom. The van der Waals surface area contributed by atoms with Crippen molar-refractivity contribution in [2.45, 2.75) is 0 Å². The summed E-state index contributed by atoms with van der Waals surface area (Å²) in [5.41, 5.74) is 2.89. The molecule has 1 aliphatic heterocycles. The van der Waals surface area contributed by atoms with E-state index in [4.69, 9.17) is 24.0 Å². The number of thiazole rings is 1. The first-order valence-electron chi connectivity index (χ1n) is 10.3. The van der Waals surface area contributed by atoms with Gasteiger partial charge in [-0.05, 0) is 18.2 Å². The quantitative estimate of drug-likeness (QED) is 0.393. The summed E-state index contributed by atoms with van der Waals surface area (Å²) in [6, 6.07) is 9.12. The molecule has 0 radical (unpaired) electrons. The SMILES string of the molecule is C=CCN=c1scc(-c2ccc3c(c2)NC(=O)CO3)n1N=Cc1c(OC)cc(OC)cc1OC. The van der Waals surface area contributed by atoms with Crippen molar-refractivity contribution >= 4 is 29.1 Å². The van der Waals surface area contributed by atoms with Crippen molar-refractivity contribution in [2.24, 2.45) is 10.1 Å². The highest BCUT2D eigenvalue weighted by molar-refractivity contribution is 7.07. The van der Waals surface area contributed by atoms with E-state index in [1.165, 1.54) is 11.3 Å². The van der Waals surface area contributed by atoms with Gasteiger partial charge in [0.1, 0.15) is 23.0 Å². The molecule has 0 bridgehead atoms. The minimum Gasteiger partial charge on any atom is -0.496 e. The number of hydrogen-bond donors (Lipinski definition) is 1. The summed E-state index contributed by atoms with van der Waals surface area (Å²) in [7, 11) is 4.72. The van der Waals surface area contributed by atoms with Crippen molar-refractivity contribution in [3.8, 4) is 34.3 Å². The van der Waals surface area contributed by atoms with Crippen LogP contribution in [-0.2, 0) is 4.79 Å². The highest BCUT2D eigenvalue weighted by Crippen LogP contribution is 2.34. The van der Waals surface area contributed by atoms with Gasteiger partial charge in [0, 0.05) is 23.1 Å². The number of ether oxygens (including phenoxy) is 4. The van der Waals surface area contributed by atoms with Gasteiger partial charge in [-0.15, -0.1) is 17.9 Å². The van der Waals surface area contributed by atoms with Crippen LogP contribution in [0.1, 0.15) is 5.56 Å². The maximum Gasteiger partial charge on any atom is 0.262 e. The number of aromatic nitrogens is 1. The molecule has 0 fully saturated rings. The van der Waals surface area contributed by atoms with Gasteiger partial charge in [-0.1, -0.05) is 6.08 Å². The molecular weight excluding hydrogens is 456 g/mol. The van der Waals surface area contributed by atoms with E-state index >= 15 is 0 Å². The van der Waals surface area contributed by atoms with Crippen LogP contribution in [0.4, 0.5) is 5.69 Å². The van der Waals surface area contributed by atoms with Gasteiger partial charge in [0.25, 0.3) is 5.91 Å². The average molecular weight is 481 g/mol. The normalized spacial score (nSPS) is 13.3. The molecule has 10 heteroatoms. The van der Waals surface area contributed by atoms with Crippen molar-refractivity contribution in [3.63, 3.8) is 0 Å². The van der Waals surface area contributed by atoms with Crippen molar-refractivity contribution < 1.29 is 23.7 Å². The predicted octanol–water partition coefficient (Wildman–Crippen LogP) is 3.54. The Morgan fingerprint density at radius 1 is 1.18 bits per heavy atom. The van der Waals surface area contributed by atoms with E-state index < -0.39 is 0 Å². The zero-order valence-electron chi connectivity index (χ0n) is 19.0. The van der Waals surface area contributed by atoms with Crippen LogP contribution in [0.5, 0.6) is 23.0 Å². The van der Waals surface area contributed by atoms with Gasteiger partial charge in [0.2, 0.25) is 4.80 Å². The Hall–Kier alpha value is -4.05. The van der Waals surface area contributed by atoms with Gasteiger partial charge in [-0.3, -0.25) is 9.79 Å². The maximum atomic E-state index is 11.8. The summed E-state index contributed by atoms with van der Waals surface area (Å²) in [5, 5.41) is 9.51. The molecule has 0 unspecified atom stereocenters. The molecule has 1 aromatic heterocycles. The Kier molecular flexibility index (Phi) is 6.98. The van der Waals surface area contributed by atoms with E-state index in [-0.39, 0.29) is 12.5 Å². The third kappa shape index (κ3) is 4.67. The van der Waals surface area contributed by atoms with Crippen LogP contribution < -0.4 is 29.1 Å². The lowest BCUT2D eigenvalue weighted by Crippen LogP contribution is -2.25. The van der Waals surface area contributed by atoms with Crippen molar-refractivity contribution in [1.29, 1.82) is 0 Å². The van der Waals surface area contributed by atoms with Crippen LogP contribution in [0.25, 0.3) is 11.3 Å². The lowest BCUT2D eigenvalue weighted by atomic mass is 10.1. The standard InChI is InChI=1S/C24H24N4O5S/c1-5-8-25-24-28(26-12-17-21(31-3)10-16(30-2)11-22(17)32-4)19(14-34-24)15-6-7-20-18(9-15)27-23(29)13-33-20/h5-7,9-12,14H,1,8,13H2,2-4H3,(H,27,29). The summed E-state index contributed by atoms with van der Waals surface area (Å²) in [6.45, 7) is 4.19. The molecular formula is C24H24N4O5S. The van der Waals surface area contributed by atoms with Gasteiger partial charge >= 0.3 is 0 Å². The molecule has 176 valence electrons. The lowest BCUT2D eigenvalue weighted by Gasteiger charge is -2.18. The molecule has 9 nitrogen and oxygen atoms in total. The fraction of sp³-hybridized carbons (Fsp3) is 0.208. The number of carbonyl (C=O) groups is 1. The van der Waals surface area contributed by atoms with Crippen LogP contribution in [0, 0.1) is 0 Å². The van der Waals surface area contributed by atoms with Crippen LogP contribution in [0.2, 0.25) is 0 Å². The molecule has 34 heavy (non-hydrogen) atoms. The Labute approximate surface area is 200 Å². The molecule has 0 saturated carbocycles. The molecule has 2 aromatic carbocycles. The van der Waals surface area contributed by atoms with E-state index in [0.29, 0.717) is 45.6 Å². The monoisotopic (exact) mass is 480 g/mol. The molecule has 0 saturated heterocycles. The smallest absolute Gasteiger partial charge is 0.262 e. The van der Waals surface area contributed by atoms with E-state index in [1.54, 1.807) is 50.4 Å². The first-order chi connectivity index (χ1) is 16.6. The van der Waals surface area contributed by atoms with Crippen molar-refractivity contribution in [1.82, 2.24) is 4.68 Å². The molecule has 2 heterocycles. The topological polar surface area (TPSA) is 95.7 Å². The van der Waals surface area contributed by atoms with Crippen LogP contribution in [0.15, 0.2) is 58.5 Å². The first kappa shape index (κ1) is 23.1. The summed E-state index contributed by atoms with van der Waals surface area (Å²) in [5.74, 6) is 2.14. The third-order valence-corrected chi connectivity index (χ3v) is 5.86. The number of methoxy groups -OCH3 is 3. The highest BCUT2D eigenvalue weighted by Gasteiger charge is 2.18. The Balaban J connectivity index is 1.82. The largest absolute Gasteiger partial charge is 0.496 e. The van der Waals surface area contributed by atoms with E-state index in [0.717, 1.165) is 11.3 Å². The molecule has 1 aliphatic rings. The maximum absolute atomic E-state index is 11.8. The predicted molar refractivity (Wildman–Crippen MR) is 132 cm³/mol. The molecule has 0 aliphatic carbocycles. The minimum atomic E-state index is -0.193. The third-order valence-electron chi connectivity index (χ3n) is 5.00. The van der Waals surface area contributed by atoms with Crippen LogP contribution >= 0.6 is 11.3 Å². The van der Waals surface area contributed by atoms with Crippen molar-refractivity contribution in [3.05, 3.63) is 58.7 Å². The van der Waals surface area contributed by atoms with Gasteiger partial charge in [-0.25, -0.2) is 4.68 Å². The fourth-order valence-corrected chi connectivity index (χ4v) is 4.23. The number of hydrogen-bond acceptors (Lipinski definition) is 8. The fourth-order valence-electron chi connectivity index (χ4n) is 3.38. The molecule has 0 spiro atoms. The number of nitrogens with one attached hydrogen (secondary N) is 1. The van der Waals surface area contributed by atoms with Gasteiger partial charge in [0.05, 0.1) is 51.0 Å². The second-order valence-electron chi connectivity index (χ2n) is 7.08. The lowest BCUT2D eigenvalue weighted by molar-refractivity contribution is -0.118. The van der Waals surface area contributed by atoms with Crippen LogP contribution in [0.3, 0.4) is 0 Å². The molecule has 4 rings (SSSR count). The van der Waals surface area contributed by atoms with E-state index in [2.05, 4.69) is 16.9 Å². The number of amides is 1. The van der Waals surface area contributed by atoms with Gasteiger partial charge < -0.3 is 24.3 Å². The Morgan fingerprint density at radius 3 is 2.62 bits per heavy atom. The number of anilines is 1. The summed E-state index contributed by atoms with van der Waals surface area (Å²) < 4.78 is 23.6. The number of rotatable bonds is 8. The molecule has 1 N–H and O–H groups in total. The van der Waals surface area contributed by atoms with E-state index in [9.17, 15) is 4.79 Å². The second kappa shape index (κ2) is 10.3. The Bertz CT molecular complexity index is 1300. The number of benzene rings is 2.